The van der Waals surface area contributed by atoms with Gasteiger partial charge in [-0.25, -0.2) is 0 Å². The first-order valence-corrected chi connectivity index (χ1v) is 6.85. The van der Waals surface area contributed by atoms with Crippen LogP contribution in [0.1, 0.15) is 24.0 Å². The summed E-state index contributed by atoms with van der Waals surface area (Å²) in [5.74, 6) is -0.813. The number of rotatable bonds is 5. The van der Waals surface area contributed by atoms with E-state index in [-0.39, 0.29) is 0 Å². The van der Waals surface area contributed by atoms with Gasteiger partial charge in [0.2, 0.25) is 0 Å². The van der Waals surface area contributed by atoms with Crippen LogP contribution in [-0.2, 0) is 17.6 Å². The van der Waals surface area contributed by atoms with Crippen molar-refractivity contribution in [3.8, 4) is 0 Å². The van der Waals surface area contributed by atoms with Crippen molar-refractivity contribution in [3.63, 3.8) is 0 Å². The molecule has 0 bridgehead atoms. The summed E-state index contributed by atoms with van der Waals surface area (Å²) in [5, 5.41) is 11.9. The number of anilines is 1. The Balaban J connectivity index is 2.10. The van der Waals surface area contributed by atoms with Gasteiger partial charge < -0.3 is 15.3 Å². The predicted octanol–water partition coefficient (Wildman–Crippen LogP) is 1.67. The maximum atomic E-state index is 11.0. The second-order valence-electron chi connectivity index (χ2n) is 5.22. The van der Waals surface area contributed by atoms with Crippen LogP contribution in [0.25, 0.3) is 0 Å². The first-order valence-electron chi connectivity index (χ1n) is 6.85. The summed E-state index contributed by atoms with van der Waals surface area (Å²) in [6, 6.07) is 5.96. The van der Waals surface area contributed by atoms with Crippen LogP contribution in [0, 0.1) is 0 Å². The molecule has 1 atom stereocenters. The maximum absolute atomic E-state index is 11.0. The van der Waals surface area contributed by atoms with Crippen molar-refractivity contribution in [1.82, 2.24) is 5.32 Å². The summed E-state index contributed by atoms with van der Waals surface area (Å²) in [4.78, 5) is 13.0. The quantitative estimate of drug-likeness (QED) is 0.847. The molecule has 1 aromatic carbocycles. The number of hydrogen-bond acceptors (Lipinski definition) is 3. The molecule has 1 aromatic rings. The zero-order valence-corrected chi connectivity index (χ0v) is 11.6. The van der Waals surface area contributed by atoms with Gasteiger partial charge in [-0.15, -0.1) is 0 Å². The summed E-state index contributed by atoms with van der Waals surface area (Å²) in [5.41, 5.74) is 3.97. The van der Waals surface area contributed by atoms with Crippen molar-refractivity contribution in [3.05, 3.63) is 29.3 Å². The second-order valence-corrected chi connectivity index (χ2v) is 5.22. The van der Waals surface area contributed by atoms with Crippen LogP contribution in [0.2, 0.25) is 0 Å². The van der Waals surface area contributed by atoms with E-state index in [0.29, 0.717) is 6.54 Å². The van der Waals surface area contributed by atoms with Crippen molar-refractivity contribution in [2.24, 2.45) is 0 Å². The molecule has 0 fully saturated rings. The van der Waals surface area contributed by atoms with Gasteiger partial charge in [0, 0.05) is 19.3 Å². The zero-order chi connectivity index (χ0) is 13.8. The van der Waals surface area contributed by atoms with Crippen molar-refractivity contribution in [2.45, 2.75) is 31.7 Å². The largest absolute Gasteiger partial charge is 0.480 e. The molecule has 0 spiro atoms. The molecule has 104 valence electrons. The van der Waals surface area contributed by atoms with E-state index in [4.69, 9.17) is 5.11 Å². The van der Waals surface area contributed by atoms with Crippen LogP contribution < -0.4 is 10.2 Å². The van der Waals surface area contributed by atoms with Gasteiger partial charge in [-0.2, -0.15) is 0 Å². The molecule has 2 rings (SSSR count). The minimum atomic E-state index is -0.813. The fourth-order valence-electron chi connectivity index (χ4n) is 2.63. The zero-order valence-electron chi connectivity index (χ0n) is 11.6. The smallest absolute Gasteiger partial charge is 0.322 e. The number of carboxylic acid groups (broad SMARTS) is 1. The molecule has 1 aliphatic carbocycles. The fraction of sp³-hybridized carbons (Fsp3) is 0.533. The topological polar surface area (TPSA) is 52.6 Å². The third-order valence-electron chi connectivity index (χ3n) is 3.88. The Morgan fingerprint density at radius 2 is 2.05 bits per heavy atom. The standard InChI is InChI=1S/C15H22N2O2/c1-16-14(15(18)19)10-17(2)13-8-7-11-5-3-4-6-12(11)9-13/h7-9,14,16H,3-6,10H2,1-2H3,(H,18,19). The number of nitrogens with one attached hydrogen (secondary N) is 1. The highest BCUT2D eigenvalue weighted by Crippen LogP contribution is 2.25. The lowest BCUT2D eigenvalue weighted by molar-refractivity contribution is -0.139. The number of hydrogen-bond donors (Lipinski definition) is 2. The van der Waals surface area contributed by atoms with E-state index in [1.54, 1.807) is 7.05 Å². The fourth-order valence-corrected chi connectivity index (χ4v) is 2.63. The SMILES string of the molecule is CNC(CN(C)c1ccc2c(c1)CCCC2)C(=O)O. The highest BCUT2D eigenvalue weighted by atomic mass is 16.4. The molecule has 0 heterocycles. The third-order valence-corrected chi connectivity index (χ3v) is 3.88. The van der Waals surface area contributed by atoms with Crippen molar-refractivity contribution in [1.29, 1.82) is 0 Å². The molecule has 1 unspecified atom stereocenters. The van der Waals surface area contributed by atoms with Crippen LogP contribution in [0.4, 0.5) is 5.69 Å². The lowest BCUT2D eigenvalue weighted by Gasteiger charge is -2.25. The Kier molecular flexibility index (Phi) is 4.43. The van der Waals surface area contributed by atoms with Crippen LogP contribution in [0.15, 0.2) is 18.2 Å². The third kappa shape index (κ3) is 3.26. The van der Waals surface area contributed by atoms with Gasteiger partial charge in [0.25, 0.3) is 0 Å². The van der Waals surface area contributed by atoms with E-state index in [1.807, 2.05) is 11.9 Å². The van der Waals surface area contributed by atoms with E-state index in [1.165, 1.54) is 30.4 Å². The number of benzene rings is 1. The van der Waals surface area contributed by atoms with E-state index >= 15 is 0 Å². The highest BCUT2D eigenvalue weighted by molar-refractivity contribution is 5.74. The van der Waals surface area contributed by atoms with Gasteiger partial charge in [-0.1, -0.05) is 6.07 Å². The van der Waals surface area contributed by atoms with Crippen molar-refractivity contribution < 1.29 is 9.90 Å². The predicted molar refractivity (Wildman–Crippen MR) is 76.8 cm³/mol. The lowest BCUT2D eigenvalue weighted by atomic mass is 9.91. The summed E-state index contributed by atoms with van der Waals surface area (Å²) >= 11 is 0. The van der Waals surface area contributed by atoms with Crippen molar-refractivity contribution >= 4 is 11.7 Å². The average molecular weight is 262 g/mol. The van der Waals surface area contributed by atoms with E-state index in [0.717, 1.165) is 12.1 Å². The summed E-state index contributed by atoms with van der Waals surface area (Å²) in [7, 11) is 3.62. The Morgan fingerprint density at radius 3 is 2.68 bits per heavy atom. The first kappa shape index (κ1) is 13.9. The van der Waals surface area contributed by atoms with Crippen LogP contribution in [0.5, 0.6) is 0 Å². The number of carboxylic acids is 1. The number of fused-ring (bicyclic) bond motifs is 1. The molecular formula is C15H22N2O2. The molecule has 0 amide bonds. The first-order chi connectivity index (χ1) is 9.11. The van der Waals surface area contributed by atoms with E-state index in [2.05, 4.69) is 23.5 Å². The molecule has 4 nitrogen and oxygen atoms in total. The molecule has 19 heavy (non-hydrogen) atoms. The van der Waals surface area contributed by atoms with Gasteiger partial charge in [-0.05, 0) is 56.0 Å². The molecule has 0 saturated carbocycles. The minimum absolute atomic E-state index is 0.463. The van der Waals surface area contributed by atoms with Crippen molar-refractivity contribution in [2.75, 3.05) is 25.5 Å². The molecule has 4 heteroatoms. The summed E-state index contributed by atoms with van der Waals surface area (Å²) in [6.45, 7) is 0.463. The van der Waals surface area contributed by atoms with E-state index < -0.39 is 12.0 Å². The van der Waals surface area contributed by atoms with Crippen LogP contribution >= 0.6 is 0 Å². The summed E-state index contributed by atoms with van der Waals surface area (Å²) in [6.07, 6.45) is 4.86. The highest BCUT2D eigenvalue weighted by Gasteiger charge is 2.18. The normalized spacial score (nSPS) is 15.7. The second kappa shape index (κ2) is 6.06. The maximum Gasteiger partial charge on any atom is 0.322 e. The molecule has 1 aliphatic rings. The van der Waals surface area contributed by atoms with Gasteiger partial charge in [0.1, 0.15) is 6.04 Å². The van der Waals surface area contributed by atoms with Crippen LogP contribution in [0.3, 0.4) is 0 Å². The minimum Gasteiger partial charge on any atom is -0.480 e. The Hall–Kier alpha value is -1.55. The monoisotopic (exact) mass is 262 g/mol. The summed E-state index contributed by atoms with van der Waals surface area (Å²) < 4.78 is 0. The Bertz CT molecular complexity index is 459. The number of carbonyl (C=O) groups is 1. The van der Waals surface area contributed by atoms with E-state index in [9.17, 15) is 4.79 Å². The van der Waals surface area contributed by atoms with Gasteiger partial charge >= 0.3 is 5.97 Å². The number of likely N-dealkylation sites (N-methyl/N-ethyl adjacent to an activating group) is 2. The Morgan fingerprint density at radius 1 is 1.37 bits per heavy atom. The molecule has 0 radical (unpaired) electrons. The molecule has 0 aromatic heterocycles. The Labute approximate surface area is 114 Å². The molecule has 2 N–H and O–H groups in total. The number of aliphatic carboxylic acids is 1. The lowest BCUT2D eigenvalue weighted by Crippen LogP contribution is -2.43. The molecule has 0 aliphatic heterocycles. The number of nitrogens with zero attached hydrogens (tertiary/aromatic N) is 1. The molecular weight excluding hydrogens is 240 g/mol. The van der Waals surface area contributed by atoms with Gasteiger partial charge in [-0.3, -0.25) is 4.79 Å². The number of aryl methyl sites for hydroxylation is 2. The average Bonchev–Trinajstić information content (AvgIpc) is 2.43. The molecule has 0 saturated heterocycles. The van der Waals surface area contributed by atoms with Gasteiger partial charge in [0.05, 0.1) is 0 Å². The van der Waals surface area contributed by atoms with Gasteiger partial charge in [0.15, 0.2) is 0 Å². The van der Waals surface area contributed by atoms with Crippen LogP contribution in [-0.4, -0.2) is 37.8 Å².